The van der Waals surface area contributed by atoms with Crippen LogP contribution in [0.1, 0.15) is 35.6 Å². The van der Waals surface area contributed by atoms with E-state index in [9.17, 15) is 0 Å². The fourth-order valence-electron chi connectivity index (χ4n) is 3.27. The molecule has 0 radical (unpaired) electrons. The molecule has 20 heavy (non-hydrogen) atoms. The van der Waals surface area contributed by atoms with Crippen molar-refractivity contribution in [2.45, 2.75) is 37.6 Å². The molecule has 106 valence electrons. The van der Waals surface area contributed by atoms with Gasteiger partial charge in [-0.1, -0.05) is 41.9 Å². The molecule has 3 atom stereocenters. The first-order chi connectivity index (χ1) is 9.72. The Labute approximate surface area is 129 Å². The van der Waals surface area contributed by atoms with Crippen molar-refractivity contribution in [1.82, 2.24) is 0 Å². The third kappa shape index (κ3) is 3.25. The van der Waals surface area contributed by atoms with Gasteiger partial charge < -0.3 is 5.73 Å². The molecule has 1 aliphatic carbocycles. The van der Waals surface area contributed by atoms with Crippen LogP contribution in [0.2, 0.25) is 4.34 Å². The Hall–Kier alpha value is -0.830. The summed E-state index contributed by atoms with van der Waals surface area (Å²) in [6.45, 7) is 0. The van der Waals surface area contributed by atoms with Crippen LogP contribution in [0, 0.1) is 5.92 Å². The van der Waals surface area contributed by atoms with Crippen LogP contribution in [0.3, 0.4) is 0 Å². The third-order valence-corrected chi connectivity index (χ3v) is 5.66. The molecule has 0 aliphatic heterocycles. The van der Waals surface area contributed by atoms with Crippen molar-refractivity contribution < 1.29 is 0 Å². The van der Waals surface area contributed by atoms with E-state index in [1.165, 1.54) is 23.3 Å². The molecule has 1 fully saturated rings. The zero-order chi connectivity index (χ0) is 13.9. The maximum atomic E-state index is 6.35. The van der Waals surface area contributed by atoms with Crippen molar-refractivity contribution in [3.8, 4) is 0 Å². The number of thiophene rings is 1. The lowest BCUT2D eigenvalue weighted by Gasteiger charge is -2.34. The molecule has 1 aliphatic rings. The summed E-state index contributed by atoms with van der Waals surface area (Å²) in [6.07, 6.45) is 4.61. The maximum absolute atomic E-state index is 6.35. The van der Waals surface area contributed by atoms with E-state index in [1.54, 1.807) is 11.3 Å². The van der Waals surface area contributed by atoms with Crippen molar-refractivity contribution in [3.05, 3.63) is 57.2 Å². The van der Waals surface area contributed by atoms with Gasteiger partial charge in [-0.2, -0.15) is 0 Å². The number of halogens is 1. The summed E-state index contributed by atoms with van der Waals surface area (Å²) in [5, 5.41) is 0. The first-order valence-corrected chi connectivity index (χ1v) is 8.46. The minimum absolute atomic E-state index is 0.329. The van der Waals surface area contributed by atoms with Gasteiger partial charge in [-0.15, -0.1) is 11.3 Å². The van der Waals surface area contributed by atoms with Crippen molar-refractivity contribution >= 4 is 22.9 Å². The molecule has 1 nitrogen and oxygen atoms in total. The third-order valence-electron chi connectivity index (χ3n) is 4.40. The molecular weight excluding hydrogens is 286 g/mol. The van der Waals surface area contributed by atoms with Crippen LogP contribution in [0.15, 0.2) is 42.5 Å². The molecule has 3 rings (SSSR count). The monoisotopic (exact) mass is 305 g/mol. The highest BCUT2D eigenvalue weighted by Crippen LogP contribution is 2.38. The summed E-state index contributed by atoms with van der Waals surface area (Å²) in [5.74, 6) is 1.24. The van der Waals surface area contributed by atoms with E-state index in [1.807, 2.05) is 6.07 Å². The number of rotatable bonds is 3. The zero-order valence-corrected chi connectivity index (χ0v) is 13.0. The molecule has 0 bridgehead atoms. The Morgan fingerprint density at radius 3 is 2.60 bits per heavy atom. The van der Waals surface area contributed by atoms with Gasteiger partial charge in [0, 0.05) is 10.9 Å². The Bertz CT molecular complexity index is 551. The Morgan fingerprint density at radius 2 is 1.90 bits per heavy atom. The summed E-state index contributed by atoms with van der Waals surface area (Å²) < 4.78 is 0.879. The molecule has 1 heterocycles. The second kappa shape index (κ2) is 6.30. The Balaban J connectivity index is 1.70. The maximum Gasteiger partial charge on any atom is 0.0931 e. The standard InChI is InChI=1S/C17H20ClNS/c18-17-9-7-15(20-17)11-14-10-13(6-8-16(14)19)12-4-2-1-3-5-12/h1-5,7,9,13-14,16H,6,8,10-11,19H2. The SMILES string of the molecule is NC1CCC(c2ccccc2)CC1Cc1ccc(Cl)s1. The molecular formula is C17H20ClNS. The number of hydrogen-bond acceptors (Lipinski definition) is 2. The van der Waals surface area contributed by atoms with Crippen LogP contribution in [0.4, 0.5) is 0 Å². The number of nitrogens with two attached hydrogens (primary N) is 1. The van der Waals surface area contributed by atoms with Crippen molar-refractivity contribution in [2.24, 2.45) is 11.7 Å². The molecule has 0 spiro atoms. The normalized spacial score (nSPS) is 26.6. The van der Waals surface area contributed by atoms with Gasteiger partial charge in [-0.3, -0.25) is 0 Å². The van der Waals surface area contributed by atoms with Gasteiger partial charge in [0.25, 0.3) is 0 Å². The average Bonchev–Trinajstić information content (AvgIpc) is 2.88. The lowest BCUT2D eigenvalue weighted by Crippen LogP contribution is -2.36. The second-order valence-corrected chi connectivity index (χ2v) is 7.55. The molecule has 1 saturated carbocycles. The fraction of sp³-hybridized carbons (Fsp3) is 0.412. The molecule has 3 unspecified atom stereocenters. The summed E-state index contributed by atoms with van der Waals surface area (Å²) in [7, 11) is 0. The predicted octanol–water partition coefficient (Wildman–Crippen LogP) is 4.86. The van der Waals surface area contributed by atoms with E-state index in [0.29, 0.717) is 17.9 Å². The summed E-state index contributed by atoms with van der Waals surface area (Å²) in [4.78, 5) is 1.36. The minimum Gasteiger partial charge on any atom is -0.327 e. The van der Waals surface area contributed by atoms with Crippen LogP contribution in [0.5, 0.6) is 0 Å². The molecule has 2 aromatic rings. The lowest BCUT2D eigenvalue weighted by molar-refractivity contribution is 0.278. The van der Waals surface area contributed by atoms with Gasteiger partial charge in [0.1, 0.15) is 0 Å². The molecule has 2 N–H and O–H groups in total. The quantitative estimate of drug-likeness (QED) is 0.861. The molecule has 1 aromatic heterocycles. The second-order valence-electron chi connectivity index (χ2n) is 5.75. The summed E-state index contributed by atoms with van der Waals surface area (Å²) in [5.41, 5.74) is 7.81. The topological polar surface area (TPSA) is 26.0 Å². The van der Waals surface area contributed by atoms with E-state index >= 15 is 0 Å². The predicted molar refractivity (Wildman–Crippen MR) is 87.5 cm³/mol. The van der Waals surface area contributed by atoms with Crippen LogP contribution in [-0.4, -0.2) is 6.04 Å². The Kier molecular flexibility index (Phi) is 4.45. The van der Waals surface area contributed by atoms with Crippen LogP contribution in [0.25, 0.3) is 0 Å². The smallest absolute Gasteiger partial charge is 0.0931 e. The summed E-state index contributed by atoms with van der Waals surface area (Å²) >= 11 is 7.72. The first-order valence-electron chi connectivity index (χ1n) is 7.27. The average molecular weight is 306 g/mol. The van der Waals surface area contributed by atoms with Crippen LogP contribution < -0.4 is 5.73 Å². The van der Waals surface area contributed by atoms with E-state index < -0.39 is 0 Å². The number of benzene rings is 1. The van der Waals surface area contributed by atoms with E-state index in [4.69, 9.17) is 17.3 Å². The fourth-order valence-corrected chi connectivity index (χ4v) is 4.45. The molecule has 3 heteroatoms. The van der Waals surface area contributed by atoms with Crippen LogP contribution >= 0.6 is 22.9 Å². The van der Waals surface area contributed by atoms with Crippen LogP contribution in [-0.2, 0) is 6.42 Å². The Morgan fingerprint density at radius 1 is 1.10 bits per heavy atom. The zero-order valence-electron chi connectivity index (χ0n) is 11.5. The first kappa shape index (κ1) is 14.1. The molecule has 1 aromatic carbocycles. The molecule has 0 amide bonds. The highest BCUT2D eigenvalue weighted by atomic mass is 35.5. The largest absolute Gasteiger partial charge is 0.327 e. The number of hydrogen-bond donors (Lipinski definition) is 1. The van der Waals surface area contributed by atoms with Gasteiger partial charge in [-0.05, 0) is 55.2 Å². The van der Waals surface area contributed by atoms with E-state index in [2.05, 4.69) is 36.4 Å². The van der Waals surface area contributed by atoms with Gasteiger partial charge in [0.05, 0.1) is 4.34 Å². The van der Waals surface area contributed by atoms with Gasteiger partial charge in [-0.25, -0.2) is 0 Å². The highest BCUT2D eigenvalue weighted by molar-refractivity contribution is 7.16. The summed E-state index contributed by atoms with van der Waals surface area (Å²) in [6, 6.07) is 15.3. The van der Waals surface area contributed by atoms with Crippen molar-refractivity contribution in [1.29, 1.82) is 0 Å². The van der Waals surface area contributed by atoms with E-state index in [-0.39, 0.29) is 0 Å². The van der Waals surface area contributed by atoms with Crippen molar-refractivity contribution in [3.63, 3.8) is 0 Å². The van der Waals surface area contributed by atoms with Gasteiger partial charge in [0.2, 0.25) is 0 Å². The van der Waals surface area contributed by atoms with Gasteiger partial charge >= 0.3 is 0 Å². The molecule has 0 saturated heterocycles. The van der Waals surface area contributed by atoms with Crippen molar-refractivity contribution in [2.75, 3.05) is 0 Å². The van der Waals surface area contributed by atoms with E-state index in [0.717, 1.165) is 17.2 Å². The highest BCUT2D eigenvalue weighted by Gasteiger charge is 2.29. The van der Waals surface area contributed by atoms with Gasteiger partial charge in [0.15, 0.2) is 0 Å². The lowest BCUT2D eigenvalue weighted by atomic mass is 9.74. The minimum atomic E-state index is 0.329.